The molecule has 0 saturated carbocycles. The van der Waals surface area contributed by atoms with Crippen molar-refractivity contribution in [3.63, 3.8) is 0 Å². The van der Waals surface area contributed by atoms with Crippen LogP contribution in [-0.2, 0) is 27.9 Å². The molecule has 0 aliphatic rings. The summed E-state index contributed by atoms with van der Waals surface area (Å²) in [5.41, 5.74) is 0. The van der Waals surface area contributed by atoms with Crippen LogP contribution in [0.15, 0.2) is 109 Å². The Labute approximate surface area is 493 Å². The highest BCUT2D eigenvalue weighted by Gasteiger charge is 2.27. The van der Waals surface area contributed by atoms with Crippen LogP contribution >= 0.6 is 7.82 Å². The van der Waals surface area contributed by atoms with Gasteiger partial charge in [-0.25, -0.2) is 0 Å². The summed E-state index contributed by atoms with van der Waals surface area (Å²) in [4.78, 5) is 40.0. The van der Waals surface area contributed by atoms with Crippen molar-refractivity contribution in [1.82, 2.24) is 5.32 Å². The molecule has 10 heteroatoms. The van der Waals surface area contributed by atoms with Gasteiger partial charge in [-0.05, 0) is 109 Å². The average Bonchev–Trinajstić information content (AvgIpc) is 3.43. The number of carbonyl (C=O) groups excluding carboxylic acids is 2. The van der Waals surface area contributed by atoms with Crippen LogP contribution in [0, 0.1) is 0 Å². The molecule has 0 aromatic carbocycles. The molecule has 80 heavy (non-hydrogen) atoms. The number of likely N-dealkylation sites (N-methyl/N-ethyl adjacent to an activating group) is 1. The van der Waals surface area contributed by atoms with Gasteiger partial charge in [-0.15, -0.1) is 0 Å². The smallest absolute Gasteiger partial charge is 0.306 e. The number of unbranched alkanes of at least 4 members (excludes halogenated alkanes) is 26. The molecule has 0 saturated heterocycles. The summed E-state index contributed by atoms with van der Waals surface area (Å²) in [6, 6.07) is -0.902. The number of hydrogen-bond acceptors (Lipinski definition) is 7. The molecule has 1 amide bonds. The maximum atomic E-state index is 13.5. The summed E-state index contributed by atoms with van der Waals surface area (Å²) < 4.78 is 30.3. The monoisotopic (exact) mass is 1130 g/mol. The number of nitrogens with one attached hydrogen (secondary N) is 1. The Hall–Kier alpha value is -3.33. The molecule has 0 fully saturated rings. The van der Waals surface area contributed by atoms with E-state index in [-0.39, 0.29) is 24.9 Å². The normalized spacial score (nSPS) is 14.3. The molecule has 9 nitrogen and oxygen atoms in total. The topological polar surface area (TPSA) is 114 Å². The lowest BCUT2D eigenvalue weighted by molar-refractivity contribution is -0.870. The minimum atomic E-state index is -4.71. The van der Waals surface area contributed by atoms with Crippen molar-refractivity contribution in [2.45, 2.75) is 283 Å². The zero-order chi connectivity index (χ0) is 58.6. The lowest BCUT2D eigenvalue weighted by Crippen LogP contribution is -2.47. The van der Waals surface area contributed by atoms with Crippen molar-refractivity contribution in [3.8, 4) is 0 Å². The number of rotatable bonds is 58. The van der Waals surface area contributed by atoms with Gasteiger partial charge in [0.1, 0.15) is 19.3 Å². The molecule has 0 spiro atoms. The number of carbonyl (C=O) groups is 2. The minimum absolute atomic E-state index is 0.0302. The van der Waals surface area contributed by atoms with Crippen molar-refractivity contribution < 1.29 is 37.3 Å². The lowest BCUT2D eigenvalue weighted by atomic mass is 10.0. The third-order valence-electron chi connectivity index (χ3n) is 13.9. The number of nitrogens with zero attached hydrogens (tertiary/aromatic N) is 1. The van der Waals surface area contributed by atoms with E-state index in [0.29, 0.717) is 17.4 Å². The van der Waals surface area contributed by atoms with E-state index in [0.717, 1.165) is 148 Å². The van der Waals surface area contributed by atoms with Gasteiger partial charge in [-0.1, -0.05) is 259 Å². The van der Waals surface area contributed by atoms with Crippen LogP contribution in [0.1, 0.15) is 271 Å². The van der Waals surface area contributed by atoms with Crippen molar-refractivity contribution >= 4 is 19.7 Å². The van der Waals surface area contributed by atoms with E-state index in [1.165, 1.54) is 89.9 Å². The number of hydrogen-bond donors (Lipinski definition) is 1. The zero-order valence-electron chi connectivity index (χ0n) is 52.5. The van der Waals surface area contributed by atoms with Gasteiger partial charge in [0, 0.05) is 12.8 Å². The Balaban J connectivity index is 5.08. The summed E-state index contributed by atoms with van der Waals surface area (Å²) in [7, 11) is 1.16. The van der Waals surface area contributed by atoms with Gasteiger partial charge in [-0.2, -0.15) is 0 Å². The highest BCUT2D eigenvalue weighted by atomic mass is 31.2. The second-order valence-corrected chi connectivity index (χ2v) is 24.3. The third-order valence-corrected chi connectivity index (χ3v) is 14.9. The van der Waals surface area contributed by atoms with Crippen LogP contribution in [0.4, 0.5) is 0 Å². The van der Waals surface area contributed by atoms with E-state index < -0.39 is 26.6 Å². The fraction of sp³-hybridized carbons (Fsp3) is 0.714. The Morgan fingerprint density at radius 2 is 0.800 bits per heavy atom. The molecule has 3 unspecified atom stereocenters. The third kappa shape index (κ3) is 59.3. The van der Waals surface area contributed by atoms with Crippen molar-refractivity contribution in [3.05, 3.63) is 109 Å². The van der Waals surface area contributed by atoms with E-state index in [1.807, 2.05) is 33.3 Å². The zero-order valence-corrected chi connectivity index (χ0v) is 53.4. The van der Waals surface area contributed by atoms with Gasteiger partial charge >= 0.3 is 5.97 Å². The minimum Gasteiger partial charge on any atom is -0.756 e. The summed E-state index contributed by atoms with van der Waals surface area (Å²) in [6.45, 7) is 6.60. The molecule has 0 aromatic heterocycles. The first-order valence-electron chi connectivity index (χ1n) is 32.7. The number of ether oxygens (including phenoxy) is 1. The van der Waals surface area contributed by atoms with Gasteiger partial charge in [0.15, 0.2) is 0 Å². The largest absolute Gasteiger partial charge is 0.756 e. The molecule has 0 aliphatic heterocycles. The van der Waals surface area contributed by atoms with Gasteiger partial charge < -0.3 is 28.5 Å². The van der Waals surface area contributed by atoms with Gasteiger partial charge in [0.25, 0.3) is 7.82 Å². The fourth-order valence-corrected chi connectivity index (χ4v) is 9.70. The predicted molar refractivity (Wildman–Crippen MR) is 344 cm³/mol. The molecular formula is C70H123N2O7P. The Kier molecular flexibility index (Phi) is 56.4. The van der Waals surface area contributed by atoms with Gasteiger partial charge in [0.2, 0.25) is 5.91 Å². The van der Waals surface area contributed by atoms with Crippen molar-refractivity contribution in [2.24, 2.45) is 0 Å². The molecule has 0 heterocycles. The number of quaternary nitrogens is 1. The fourth-order valence-electron chi connectivity index (χ4n) is 8.97. The van der Waals surface area contributed by atoms with E-state index in [2.05, 4.69) is 123 Å². The molecule has 0 bridgehead atoms. The van der Waals surface area contributed by atoms with E-state index in [4.69, 9.17) is 13.8 Å². The SMILES string of the molecule is CC/C=C\C/C=C\C/C=C\C/C=C\C/C=C\CCCCCCCCCCCCCC(=O)OC(/C=C\CCCCCCCCCCC)C(COP(=O)([O-])OCC[N+](C)(C)C)NC(=O)CCCCCCCC/C=C/C/C=C/C/C=C/CC. The standard InChI is InChI=1S/C70H123N2O7P/c1-7-10-13-16-19-22-25-27-29-31-32-33-34-35-36-37-38-39-40-41-43-45-48-51-54-57-60-63-70(74)79-68(61-58-55-52-49-46-24-21-18-15-12-9-3)67(66-78-80(75,76)77-65-64-72(4,5)6)71-69(73)62-59-56-53-50-47-44-42-30-28-26-23-20-17-14-11-8-2/h10-11,13-14,19-20,22-23,27-30,32-33,35-36,58,61,67-68H,7-9,12,15-18,21,24-26,31,34,37-57,59-60,62-66H2,1-6H3,(H-,71,73,75,76)/b13-10-,14-11+,22-19-,23-20+,29-27-,30-28+,33-32-,36-35-,61-58-. The summed E-state index contributed by atoms with van der Waals surface area (Å²) in [5, 5.41) is 3.02. The number of allylic oxidation sites excluding steroid dienone is 17. The highest BCUT2D eigenvalue weighted by Crippen LogP contribution is 2.38. The van der Waals surface area contributed by atoms with Gasteiger partial charge in [-0.3, -0.25) is 14.2 Å². The molecule has 3 atom stereocenters. The Morgan fingerprint density at radius 3 is 1.20 bits per heavy atom. The molecule has 0 rings (SSSR count). The van der Waals surface area contributed by atoms with Crippen LogP contribution in [0.25, 0.3) is 0 Å². The quantitative estimate of drug-likeness (QED) is 0.0212. The molecule has 460 valence electrons. The first kappa shape index (κ1) is 76.7. The summed E-state index contributed by atoms with van der Waals surface area (Å²) in [5.74, 6) is -0.563. The van der Waals surface area contributed by atoms with Crippen LogP contribution in [0.5, 0.6) is 0 Å². The van der Waals surface area contributed by atoms with Crippen molar-refractivity contribution in [1.29, 1.82) is 0 Å². The Morgan fingerprint density at radius 1 is 0.450 bits per heavy atom. The number of phosphoric ester groups is 1. The second kappa shape index (κ2) is 58.9. The molecular weight excluding hydrogens is 1010 g/mol. The second-order valence-electron chi connectivity index (χ2n) is 22.9. The van der Waals surface area contributed by atoms with Gasteiger partial charge in [0.05, 0.1) is 33.8 Å². The maximum Gasteiger partial charge on any atom is 0.306 e. The highest BCUT2D eigenvalue weighted by molar-refractivity contribution is 7.45. The van der Waals surface area contributed by atoms with E-state index >= 15 is 0 Å². The molecule has 0 radical (unpaired) electrons. The molecule has 1 N–H and O–H groups in total. The Bertz CT molecular complexity index is 1740. The van der Waals surface area contributed by atoms with Crippen LogP contribution in [0.2, 0.25) is 0 Å². The molecule has 0 aliphatic carbocycles. The van der Waals surface area contributed by atoms with Crippen molar-refractivity contribution in [2.75, 3.05) is 40.9 Å². The first-order chi connectivity index (χ1) is 38.9. The number of esters is 1. The van der Waals surface area contributed by atoms with Crippen LogP contribution in [0.3, 0.4) is 0 Å². The first-order valence-corrected chi connectivity index (χ1v) is 34.2. The number of phosphoric acid groups is 1. The van der Waals surface area contributed by atoms with E-state index in [9.17, 15) is 19.0 Å². The maximum absolute atomic E-state index is 13.5. The predicted octanol–water partition coefficient (Wildman–Crippen LogP) is 19.9. The van der Waals surface area contributed by atoms with Crippen LogP contribution < -0.4 is 10.2 Å². The summed E-state index contributed by atoms with van der Waals surface area (Å²) >= 11 is 0. The summed E-state index contributed by atoms with van der Waals surface area (Å²) in [6.07, 6.45) is 80.6. The van der Waals surface area contributed by atoms with E-state index in [1.54, 1.807) is 0 Å². The number of amides is 1. The average molecular weight is 1140 g/mol. The lowest BCUT2D eigenvalue weighted by Gasteiger charge is -2.30. The molecule has 0 aromatic rings. The van der Waals surface area contributed by atoms with Crippen LogP contribution in [-0.4, -0.2) is 69.4 Å².